The van der Waals surface area contributed by atoms with Crippen molar-refractivity contribution >= 4 is 80.5 Å². The molecule has 2 fully saturated rings. The number of aromatic hydroxyl groups is 1. The number of likely N-dealkylation sites (N-methyl/N-ethyl adjacent to an activating group) is 1. The fourth-order valence-electron chi connectivity index (χ4n) is 8.14. The SMILES string of the molecule is CC(=O)N1CCN(c2nc(NCCC(=O)N(C)CCOCCOc3ccc4c(c3)C(=O)N(C3CCC(=O)NC3=O)C4=O)nc3c(F)c(-c4cc(O)cc5ccccc45)c(Cl)cc23)CC1. The van der Waals surface area contributed by atoms with Crippen LogP contribution in [0.3, 0.4) is 0 Å². The summed E-state index contributed by atoms with van der Waals surface area (Å²) in [4.78, 5) is 90.5. The average molecular weight is 895 g/mol. The minimum atomic E-state index is -1.07. The molecule has 19 heteroatoms. The van der Waals surface area contributed by atoms with Crippen LogP contribution < -0.4 is 20.3 Å². The number of imide groups is 2. The van der Waals surface area contributed by atoms with E-state index in [1.54, 1.807) is 30.1 Å². The maximum absolute atomic E-state index is 16.9. The van der Waals surface area contributed by atoms with Gasteiger partial charge in [-0.2, -0.15) is 4.98 Å². The molecule has 1 aromatic heterocycles. The van der Waals surface area contributed by atoms with E-state index in [2.05, 4.69) is 15.6 Å². The first-order chi connectivity index (χ1) is 30.8. The van der Waals surface area contributed by atoms with E-state index < -0.39 is 35.5 Å². The largest absolute Gasteiger partial charge is 0.508 e. The number of piperidine rings is 1. The Morgan fingerprint density at radius 1 is 0.938 bits per heavy atom. The molecule has 4 aromatic carbocycles. The molecular weight excluding hydrogens is 851 g/mol. The molecule has 3 aliphatic rings. The van der Waals surface area contributed by atoms with Crippen LogP contribution in [0.15, 0.2) is 60.7 Å². The van der Waals surface area contributed by atoms with E-state index in [1.807, 2.05) is 29.2 Å². The van der Waals surface area contributed by atoms with Crippen molar-refractivity contribution in [1.82, 2.24) is 30.0 Å². The summed E-state index contributed by atoms with van der Waals surface area (Å²) in [7, 11) is 1.64. The van der Waals surface area contributed by atoms with Crippen LogP contribution in [-0.2, 0) is 23.9 Å². The highest BCUT2D eigenvalue weighted by Gasteiger charge is 2.44. The second kappa shape index (κ2) is 18.4. The molecule has 0 aliphatic carbocycles. The Morgan fingerprint density at radius 3 is 2.47 bits per heavy atom. The molecule has 64 heavy (non-hydrogen) atoms. The van der Waals surface area contributed by atoms with Crippen molar-refractivity contribution in [2.75, 3.05) is 76.4 Å². The Hall–Kier alpha value is -6.92. The molecule has 4 heterocycles. The lowest BCUT2D eigenvalue weighted by molar-refractivity contribution is -0.136. The predicted octanol–water partition coefficient (Wildman–Crippen LogP) is 4.37. The lowest BCUT2D eigenvalue weighted by atomic mass is 9.96. The molecule has 0 saturated carbocycles. The fourth-order valence-corrected chi connectivity index (χ4v) is 8.43. The average Bonchev–Trinajstić information content (AvgIpc) is 3.52. The maximum Gasteiger partial charge on any atom is 0.262 e. The van der Waals surface area contributed by atoms with Gasteiger partial charge in [-0.05, 0) is 59.2 Å². The lowest BCUT2D eigenvalue weighted by Gasteiger charge is -2.35. The number of rotatable bonds is 14. The summed E-state index contributed by atoms with van der Waals surface area (Å²) in [5.41, 5.74) is 0.705. The van der Waals surface area contributed by atoms with E-state index >= 15 is 4.39 Å². The van der Waals surface area contributed by atoms with Crippen LogP contribution in [0.4, 0.5) is 16.2 Å². The Morgan fingerprint density at radius 2 is 1.70 bits per heavy atom. The molecule has 8 rings (SSSR count). The van der Waals surface area contributed by atoms with Crippen LogP contribution in [0, 0.1) is 5.82 Å². The van der Waals surface area contributed by atoms with Crippen molar-refractivity contribution in [2.24, 2.45) is 0 Å². The topological polar surface area (TPSA) is 204 Å². The van der Waals surface area contributed by atoms with Crippen molar-refractivity contribution in [1.29, 1.82) is 0 Å². The van der Waals surface area contributed by atoms with Gasteiger partial charge in [0.25, 0.3) is 11.8 Å². The number of anilines is 2. The smallest absolute Gasteiger partial charge is 0.262 e. The number of amides is 6. The number of phenolic OH excluding ortho intramolecular Hbond substituents is 1. The first kappa shape index (κ1) is 43.7. The highest BCUT2D eigenvalue weighted by atomic mass is 35.5. The van der Waals surface area contributed by atoms with Crippen molar-refractivity contribution in [3.8, 4) is 22.6 Å². The molecule has 6 amide bonds. The van der Waals surface area contributed by atoms with Crippen LogP contribution in [0.2, 0.25) is 5.02 Å². The van der Waals surface area contributed by atoms with Crippen LogP contribution in [0.5, 0.6) is 11.5 Å². The number of piperazine rings is 1. The lowest BCUT2D eigenvalue weighted by Crippen LogP contribution is -2.54. The van der Waals surface area contributed by atoms with Crippen molar-refractivity contribution < 1.29 is 47.7 Å². The van der Waals surface area contributed by atoms with Gasteiger partial charge in [0.2, 0.25) is 29.6 Å². The van der Waals surface area contributed by atoms with Crippen LogP contribution >= 0.6 is 11.6 Å². The number of fused-ring (bicyclic) bond motifs is 3. The van der Waals surface area contributed by atoms with E-state index in [0.717, 1.165) is 4.90 Å². The third-order valence-electron chi connectivity index (χ3n) is 11.5. The molecule has 3 aliphatic heterocycles. The fraction of sp³-hybridized carbons (Fsp3) is 0.333. The molecule has 1 atom stereocenters. The van der Waals surface area contributed by atoms with Crippen molar-refractivity contribution in [2.45, 2.75) is 32.2 Å². The number of hydrogen-bond acceptors (Lipinski definition) is 13. The number of benzene rings is 4. The molecule has 3 N–H and O–H groups in total. The highest BCUT2D eigenvalue weighted by molar-refractivity contribution is 6.35. The number of aromatic nitrogens is 2. The van der Waals surface area contributed by atoms with Gasteiger partial charge < -0.3 is 34.6 Å². The van der Waals surface area contributed by atoms with Crippen molar-refractivity contribution in [3.05, 3.63) is 82.6 Å². The summed E-state index contributed by atoms with van der Waals surface area (Å²) in [5, 5.41) is 17.7. The molecule has 0 bridgehead atoms. The van der Waals surface area contributed by atoms with Gasteiger partial charge in [-0.1, -0.05) is 35.9 Å². The summed E-state index contributed by atoms with van der Waals surface area (Å²) >= 11 is 6.84. The minimum Gasteiger partial charge on any atom is -0.508 e. The van der Waals surface area contributed by atoms with E-state index in [1.165, 1.54) is 30.0 Å². The Labute approximate surface area is 371 Å². The number of carbonyl (C=O) groups excluding carboxylic acids is 6. The number of carbonyl (C=O) groups is 6. The zero-order chi connectivity index (χ0) is 45.2. The normalized spacial score (nSPS) is 16.4. The second-order valence-electron chi connectivity index (χ2n) is 15.6. The summed E-state index contributed by atoms with van der Waals surface area (Å²) < 4.78 is 28.3. The third kappa shape index (κ3) is 8.83. The monoisotopic (exact) mass is 894 g/mol. The molecule has 0 radical (unpaired) electrons. The van der Waals surface area contributed by atoms with Gasteiger partial charge in [0.05, 0.1) is 29.4 Å². The number of ether oxygens (including phenoxy) is 2. The predicted molar refractivity (Wildman–Crippen MR) is 234 cm³/mol. The number of halogens is 2. The van der Waals surface area contributed by atoms with Gasteiger partial charge in [0, 0.05) is 77.0 Å². The number of nitrogens with one attached hydrogen (secondary N) is 2. The summed E-state index contributed by atoms with van der Waals surface area (Å²) in [6, 6.07) is 15.3. The van der Waals surface area contributed by atoms with Crippen molar-refractivity contribution in [3.63, 3.8) is 0 Å². The molecule has 2 saturated heterocycles. The Kier molecular flexibility index (Phi) is 12.6. The Balaban J connectivity index is 0.871. The first-order valence-corrected chi connectivity index (χ1v) is 21.1. The van der Waals surface area contributed by atoms with Gasteiger partial charge >= 0.3 is 0 Å². The van der Waals surface area contributed by atoms with E-state index in [-0.39, 0.29) is 103 Å². The molecule has 332 valence electrons. The van der Waals surface area contributed by atoms with Gasteiger partial charge in [0.1, 0.15) is 35.5 Å². The summed E-state index contributed by atoms with van der Waals surface area (Å²) in [6.07, 6.45) is 0.133. The van der Waals surface area contributed by atoms with Gasteiger partial charge in [-0.25, -0.2) is 9.37 Å². The standard InChI is InChI=1S/C45H44ClFN8O9/c1-25(56)53-13-15-54(16-14-53)41-33-24-34(46)38(31-22-27(57)21-26-5-3-4-6-29(26)31)39(47)40(33)50-45(51-41)48-12-11-37(59)52(2)17-18-63-19-20-64-28-7-8-30-32(23-28)44(62)55(43(30)61)35-9-10-36(58)49-42(35)60/h3-8,21-24,35,57H,9-20H2,1-2H3,(H,48,50,51)(H,49,58,60). The second-order valence-corrected chi connectivity index (χ2v) is 16.0. The summed E-state index contributed by atoms with van der Waals surface area (Å²) in [6.45, 7) is 4.13. The Bertz CT molecular complexity index is 2730. The summed E-state index contributed by atoms with van der Waals surface area (Å²) in [5.74, 6) is -2.55. The quantitative estimate of drug-likeness (QED) is 0.105. The van der Waals surface area contributed by atoms with Crippen LogP contribution in [0.25, 0.3) is 32.8 Å². The third-order valence-corrected chi connectivity index (χ3v) is 11.8. The minimum absolute atomic E-state index is 0.00548. The van der Waals surface area contributed by atoms with Gasteiger partial charge in [0.15, 0.2) is 5.82 Å². The van der Waals surface area contributed by atoms with Crippen LogP contribution in [-0.4, -0.2) is 137 Å². The zero-order valence-electron chi connectivity index (χ0n) is 35.0. The molecule has 1 unspecified atom stereocenters. The maximum atomic E-state index is 16.9. The number of hydrogen-bond donors (Lipinski definition) is 3. The van der Waals surface area contributed by atoms with Crippen LogP contribution in [0.1, 0.15) is 46.9 Å². The molecular formula is C45H44ClFN8O9. The van der Waals surface area contributed by atoms with Gasteiger partial charge in [-0.3, -0.25) is 39.0 Å². The highest BCUT2D eigenvalue weighted by Crippen LogP contribution is 2.42. The van der Waals surface area contributed by atoms with Gasteiger partial charge in [-0.15, -0.1) is 0 Å². The zero-order valence-corrected chi connectivity index (χ0v) is 35.7. The van der Waals surface area contributed by atoms with E-state index in [4.69, 9.17) is 26.1 Å². The number of nitrogens with zero attached hydrogens (tertiary/aromatic N) is 6. The van der Waals surface area contributed by atoms with E-state index in [0.29, 0.717) is 59.5 Å². The molecule has 5 aromatic rings. The molecule has 0 spiro atoms. The molecule has 17 nitrogen and oxygen atoms in total. The first-order valence-electron chi connectivity index (χ1n) is 20.8. The van der Waals surface area contributed by atoms with E-state index in [9.17, 15) is 33.9 Å². The number of phenols is 1.